The molecule has 0 heterocycles. The third-order valence-electron chi connectivity index (χ3n) is 3.74. The number of sulfonamides is 1. The van der Waals surface area contributed by atoms with Crippen molar-refractivity contribution in [3.8, 4) is 0 Å². The van der Waals surface area contributed by atoms with Crippen LogP contribution in [-0.2, 0) is 10.0 Å². The maximum atomic E-state index is 13.6. The molecule has 1 aromatic rings. The second kappa shape index (κ2) is 5.09. The van der Waals surface area contributed by atoms with Crippen LogP contribution in [0, 0.1) is 11.2 Å². The van der Waals surface area contributed by atoms with Crippen molar-refractivity contribution in [1.82, 2.24) is 4.72 Å². The number of anilines is 1. The van der Waals surface area contributed by atoms with Crippen molar-refractivity contribution in [3.63, 3.8) is 0 Å². The number of rotatable bonds is 4. The van der Waals surface area contributed by atoms with E-state index in [1.54, 1.807) is 0 Å². The summed E-state index contributed by atoms with van der Waals surface area (Å²) in [5.74, 6) is -0.779. The van der Waals surface area contributed by atoms with Crippen LogP contribution in [0.1, 0.15) is 32.6 Å². The lowest BCUT2D eigenvalue weighted by Gasteiger charge is -2.23. The number of hydrogen-bond acceptors (Lipinski definition) is 3. The largest absolute Gasteiger partial charge is 0.399 e. The molecule has 0 saturated heterocycles. The number of nitrogens with two attached hydrogens (primary N) is 1. The van der Waals surface area contributed by atoms with Gasteiger partial charge in [0, 0.05) is 12.2 Å². The molecule has 0 bridgehead atoms. The van der Waals surface area contributed by atoms with Crippen molar-refractivity contribution in [2.45, 2.75) is 37.5 Å². The minimum absolute atomic E-state index is 0.0239. The molecule has 0 amide bonds. The first-order valence-corrected chi connectivity index (χ1v) is 7.85. The fourth-order valence-corrected chi connectivity index (χ4v) is 3.79. The highest BCUT2D eigenvalue weighted by molar-refractivity contribution is 7.89. The molecule has 19 heavy (non-hydrogen) atoms. The Bertz CT molecular complexity index is 566. The van der Waals surface area contributed by atoms with Crippen molar-refractivity contribution in [3.05, 3.63) is 24.0 Å². The van der Waals surface area contributed by atoms with Crippen molar-refractivity contribution in [1.29, 1.82) is 0 Å². The van der Waals surface area contributed by atoms with Gasteiger partial charge in [-0.25, -0.2) is 17.5 Å². The van der Waals surface area contributed by atoms with Crippen LogP contribution in [0.25, 0.3) is 0 Å². The van der Waals surface area contributed by atoms with Crippen LogP contribution >= 0.6 is 0 Å². The molecule has 1 aromatic carbocycles. The highest BCUT2D eigenvalue weighted by Gasteiger charge is 2.31. The maximum Gasteiger partial charge on any atom is 0.243 e. The van der Waals surface area contributed by atoms with E-state index < -0.39 is 15.8 Å². The zero-order valence-electron chi connectivity index (χ0n) is 10.9. The molecule has 3 N–H and O–H groups in total. The van der Waals surface area contributed by atoms with Crippen LogP contribution in [0.15, 0.2) is 23.1 Å². The Balaban J connectivity index is 2.16. The fourth-order valence-electron chi connectivity index (χ4n) is 2.48. The molecule has 0 aliphatic heterocycles. The smallest absolute Gasteiger partial charge is 0.243 e. The minimum atomic E-state index is -3.84. The Kier molecular flexibility index (Phi) is 3.82. The summed E-state index contributed by atoms with van der Waals surface area (Å²) in [6.07, 6.45) is 4.22. The topological polar surface area (TPSA) is 72.2 Å². The molecule has 1 saturated carbocycles. The number of hydrogen-bond donors (Lipinski definition) is 2. The standard InChI is InChI=1S/C13H19FN2O2S/c1-13(6-2-3-7-13)9-16-19(17,18)12-8-10(15)4-5-11(12)14/h4-5,8,16H,2-3,6-7,9,15H2,1H3. The van der Waals surface area contributed by atoms with Gasteiger partial charge in [0.25, 0.3) is 0 Å². The Morgan fingerprint density at radius 1 is 1.37 bits per heavy atom. The number of benzene rings is 1. The third kappa shape index (κ3) is 3.25. The summed E-state index contributed by atoms with van der Waals surface area (Å²) in [7, 11) is -3.84. The van der Waals surface area contributed by atoms with Gasteiger partial charge in [0.15, 0.2) is 0 Å². The molecular weight excluding hydrogens is 267 g/mol. The molecule has 1 fully saturated rings. The summed E-state index contributed by atoms with van der Waals surface area (Å²) >= 11 is 0. The van der Waals surface area contributed by atoms with Gasteiger partial charge in [-0.3, -0.25) is 0 Å². The zero-order chi connectivity index (χ0) is 14.1. The van der Waals surface area contributed by atoms with E-state index in [9.17, 15) is 12.8 Å². The van der Waals surface area contributed by atoms with E-state index in [1.165, 1.54) is 6.07 Å². The fraction of sp³-hybridized carbons (Fsp3) is 0.538. The van der Waals surface area contributed by atoms with E-state index in [-0.39, 0.29) is 16.0 Å². The van der Waals surface area contributed by atoms with E-state index >= 15 is 0 Å². The number of halogens is 1. The molecule has 4 nitrogen and oxygen atoms in total. The highest BCUT2D eigenvalue weighted by atomic mass is 32.2. The monoisotopic (exact) mass is 286 g/mol. The van der Waals surface area contributed by atoms with Gasteiger partial charge < -0.3 is 5.73 Å². The van der Waals surface area contributed by atoms with E-state index in [1.807, 2.05) is 0 Å². The van der Waals surface area contributed by atoms with Gasteiger partial charge >= 0.3 is 0 Å². The minimum Gasteiger partial charge on any atom is -0.399 e. The maximum absolute atomic E-state index is 13.6. The van der Waals surface area contributed by atoms with Crippen LogP contribution in [0.5, 0.6) is 0 Å². The third-order valence-corrected chi connectivity index (χ3v) is 5.16. The molecule has 0 spiro atoms. The van der Waals surface area contributed by atoms with Gasteiger partial charge in [-0.2, -0.15) is 0 Å². The van der Waals surface area contributed by atoms with Gasteiger partial charge in [0.05, 0.1) is 0 Å². The van der Waals surface area contributed by atoms with E-state index in [2.05, 4.69) is 11.6 Å². The summed E-state index contributed by atoms with van der Waals surface area (Å²) in [5.41, 5.74) is 5.72. The average Bonchev–Trinajstić information content (AvgIpc) is 2.78. The lowest BCUT2D eigenvalue weighted by molar-refractivity contribution is 0.336. The molecule has 0 aromatic heterocycles. The van der Waals surface area contributed by atoms with E-state index in [0.717, 1.165) is 37.8 Å². The van der Waals surface area contributed by atoms with Crippen LogP contribution in [-0.4, -0.2) is 15.0 Å². The first kappa shape index (κ1) is 14.3. The lowest BCUT2D eigenvalue weighted by Crippen LogP contribution is -2.34. The van der Waals surface area contributed by atoms with Crippen molar-refractivity contribution >= 4 is 15.7 Å². The second-order valence-electron chi connectivity index (χ2n) is 5.53. The van der Waals surface area contributed by atoms with Crippen LogP contribution < -0.4 is 10.5 Å². The first-order valence-electron chi connectivity index (χ1n) is 6.37. The van der Waals surface area contributed by atoms with E-state index in [4.69, 9.17) is 5.73 Å². The van der Waals surface area contributed by atoms with Gasteiger partial charge in [-0.1, -0.05) is 19.8 Å². The zero-order valence-corrected chi connectivity index (χ0v) is 11.8. The van der Waals surface area contributed by atoms with Gasteiger partial charge in [-0.05, 0) is 36.5 Å². The Morgan fingerprint density at radius 3 is 2.63 bits per heavy atom. The molecule has 6 heteroatoms. The van der Waals surface area contributed by atoms with Crippen molar-refractivity contribution < 1.29 is 12.8 Å². The van der Waals surface area contributed by atoms with Crippen LogP contribution in [0.3, 0.4) is 0 Å². The molecule has 0 unspecified atom stereocenters. The lowest BCUT2D eigenvalue weighted by atomic mass is 9.89. The predicted molar refractivity (Wildman–Crippen MR) is 72.6 cm³/mol. The van der Waals surface area contributed by atoms with Gasteiger partial charge in [0.2, 0.25) is 10.0 Å². The summed E-state index contributed by atoms with van der Waals surface area (Å²) in [5, 5.41) is 0. The SMILES string of the molecule is CC1(CNS(=O)(=O)c2cc(N)ccc2F)CCCC1. The summed E-state index contributed by atoms with van der Waals surface area (Å²) in [6, 6.07) is 3.56. The summed E-state index contributed by atoms with van der Waals surface area (Å²) < 4.78 is 40.3. The Hall–Kier alpha value is -1.14. The van der Waals surface area contributed by atoms with E-state index in [0.29, 0.717) is 6.54 Å². The normalized spacial score (nSPS) is 18.6. The summed E-state index contributed by atoms with van der Waals surface area (Å²) in [4.78, 5) is -0.380. The molecule has 1 aliphatic carbocycles. The first-order chi connectivity index (χ1) is 8.82. The molecule has 1 aliphatic rings. The molecular formula is C13H19FN2O2S. The molecule has 0 atom stereocenters. The Morgan fingerprint density at radius 2 is 2.00 bits per heavy atom. The van der Waals surface area contributed by atoms with Crippen molar-refractivity contribution in [2.75, 3.05) is 12.3 Å². The Labute approximate surface area is 113 Å². The molecule has 0 radical (unpaired) electrons. The number of nitrogen functional groups attached to an aromatic ring is 1. The highest BCUT2D eigenvalue weighted by Crippen LogP contribution is 2.37. The summed E-state index contributed by atoms with van der Waals surface area (Å²) in [6.45, 7) is 2.39. The second-order valence-corrected chi connectivity index (χ2v) is 7.27. The predicted octanol–water partition coefficient (Wildman–Crippen LogP) is 2.27. The molecule has 2 rings (SSSR count). The van der Waals surface area contributed by atoms with Crippen LogP contribution in [0.2, 0.25) is 0 Å². The molecule has 106 valence electrons. The van der Waals surface area contributed by atoms with Crippen molar-refractivity contribution in [2.24, 2.45) is 5.41 Å². The average molecular weight is 286 g/mol. The number of nitrogens with one attached hydrogen (secondary N) is 1. The van der Waals surface area contributed by atoms with Gasteiger partial charge in [0.1, 0.15) is 10.7 Å². The van der Waals surface area contributed by atoms with Gasteiger partial charge in [-0.15, -0.1) is 0 Å². The van der Waals surface area contributed by atoms with Crippen LogP contribution in [0.4, 0.5) is 10.1 Å². The quantitative estimate of drug-likeness (QED) is 0.834.